The van der Waals surface area contributed by atoms with Gasteiger partial charge in [-0.25, -0.2) is 13.1 Å². The first kappa shape index (κ1) is 19.5. The van der Waals surface area contributed by atoms with Crippen molar-refractivity contribution >= 4 is 10.0 Å². The minimum atomic E-state index is -3.63. The van der Waals surface area contributed by atoms with Crippen molar-refractivity contribution < 1.29 is 13.2 Å². The quantitative estimate of drug-likeness (QED) is 0.865. The van der Waals surface area contributed by atoms with Crippen LogP contribution in [-0.4, -0.2) is 15.5 Å². The van der Waals surface area contributed by atoms with Crippen molar-refractivity contribution in [2.45, 2.75) is 52.5 Å². The Morgan fingerprint density at radius 1 is 0.920 bits per heavy atom. The van der Waals surface area contributed by atoms with Gasteiger partial charge in [0.05, 0.1) is 12.0 Å². The third-order valence-corrected chi connectivity index (χ3v) is 6.56. The predicted octanol–water partition coefficient (Wildman–Crippen LogP) is 4.28. The molecule has 0 aliphatic carbocycles. The summed E-state index contributed by atoms with van der Waals surface area (Å²) in [5.74, 6) is 0.689. The van der Waals surface area contributed by atoms with E-state index in [1.165, 1.54) is 5.56 Å². The highest BCUT2D eigenvalue weighted by Gasteiger charge is 2.23. The summed E-state index contributed by atoms with van der Waals surface area (Å²) in [6, 6.07) is 7.14. The molecule has 2 aromatic rings. The Kier molecular flexibility index (Phi) is 5.59. The van der Waals surface area contributed by atoms with E-state index in [2.05, 4.69) is 23.8 Å². The number of hydrogen-bond acceptors (Lipinski definition) is 3. The molecule has 4 nitrogen and oxygen atoms in total. The Balaban J connectivity index is 2.39. The van der Waals surface area contributed by atoms with Gasteiger partial charge < -0.3 is 4.74 Å². The van der Waals surface area contributed by atoms with Gasteiger partial charge >= 0.3 is 0 Å². The molecule has 2 rings (SSSR count). The van der Waals surface area contributed by atoms with Gasteiger partial charge in [-0.05, 0) is 87.1 Å². The van der Waals surface area contributed by atoms with Crippen LogP contribution in [-0.2, 0) is 10.0 Å². The number of ether oxygens (including phenoxy) is 1. The van der Waals surface area contributed by atoms with Crippen LogP contribution in [0.3, 0.4) is 0 Å². The Bertz CT molecular complexity index is 902. The standard InChI is InChI=1S/C20H27NO3S/c1-12-10-14(3)18(11-13(12)2)17(6)21-25(22,23)20-9-8-19(24-7)15(4)16(20)5/h8-11,17,21H,1-7H3/t17-/m0/s1. The Morgan fingerprint density at radius 2 is 1.52 bits per heavy atom. The average Bonchev–Trinajstić information content (AvgIpc) is 2.52. The molecule has 5 heteroatoms. The molecule has 0 saturated heterocycles. The minimum absolute atomic E-state index is 0.291. The van der Waals surface area contributed by atoms with Crippen molar-refractivity contribution in [2.75, 3.05) is 7.11 Å². The van der Waals surface area contributed by atoms with Crippen LogP contribution in [0.25, 0.3) is 0 Å². The lowest BCUT2D eigenvalue weighted by atomic mass is 9.97. The molecule has 0 aliphatic heterocycles. The molecule has 0 fully saturated rings. The summed E-state index contributed by atoms with van der Waals surface area (Å²) in [6.07, 6.45) is 0. The third-order valence-electron chi connectivity index (χ3n) is 4.88. The van der Waals surface area contributed by atoms with Gasteiger partial charge in [0.25, 0.3) is 0 Å². The number of nitrogens with one attached hydrogen (secondary N) is 1. The van der Waals surface area contributed by atoms with Crippen LogP contribution >= 0.6 is 0 Å². The Hall–Kier alpha value is -1.85. The summed E-state index contributed by atoms with van der Waals surface area (Å²) in [4.78, 5) is 0.291. The Labute approximate surface area is 151 Å². The van der Waals surface area contributed by atoms with Crippen molar-refractivity contribution in [3.63, 3.8) is 0 Å². The van der Waals surface area contributed by atoms with Crippen LogP contribution in [0.4, 0.5) is 0 Å². The second kappa shape index (κ2) is 7.18. The number of sulfonamides is 1. The predicted molar refractivity (Wildman–Crippen MR) is 102 cm³/mol. The monoisotopic (exact) mass is 361 g/mol. The SMILES string of the molecule is COc1ccc(S(=O)(=O)N[C@@H](C)c2cc(C)c(C)cc2C)c(C)c1C. The summed E-state index contributed by atoms with van der Waals surface area (Å²) < 4.78 is 33.9. The summed E-state index contributed by atoms with van der Waals surface area (Å²) in [6.45, 7) is 11.7. The normalized spacial score (nSPS) is 12.9. The van der Waals surface area contributed by atoms with E-state index in [9.17, 15) is 8.42 Å². The lowest BCUT2D eigenvalue weighted by Gasteiger charge is -2.20. The topological polar surface area (TPSA) is 55.4 Å². The van der Waals surface area contributed by atoms with Gasteiger partial charge in [-0.1, -0.05) is 12.1 Å². The van der Waals surface area contributed by atoms with Crippen molar-refractivity contribution in [3.8, 4) is 5.75 Å². The van der Waals surface area contributed by atoms with Gasteiger partial charge in [0.15, 0.2) is 0 Å². The van der Waals surface area contributed by atoms with Gasteiger partial charge in [-0.3, -0.25) is 0 Å². The van der Waals surface area contributed by atoms with E-state index in [-0.39, 0.29) is 6.04 Å². The fourth-order valence-electron chi connectivity index (χ4n) is 3.09. The minimum Gasteiger partial charge on any atom is -0.496 e. The van der Waals surface area contributed by atoms with E-state index in [4.69, 9.17) is 4.74 Å². The van der Waals surface area contributed by atoms with E-state index in [1.807, 2.05) is 27.7 Å². The molecule has 0 unspecified atom stereocenters. The highest BCUT2D eigenvalue weighted by Crippen LogP contribution is 2.28. The second-order valence-electron chi connectivity index (χ2n) is 6.65. The summed E-state index contributed by atoms with van der Waals surface area (Å²) in [5.41, 5.74) is 5.98. The fraction of sp³-hybridized carbons (Fsp3) is 0.400. The molecule has 2 aromatic carbocycles. The van der Waals surface area contributed by atoms with Gasteiger partial charge in [-0.2, -0.15) is 0 Å². The smallest absolute Gasteiger partial charge is 0.241 e. The van der Waals surface area contributed by atoms with E-state index in [0.717, 1.165) is 22.3 Å². The molecule has 25 heavy (non-hydrogen) atoms. The number of benzene rings is 2. The highest BCUT2D eigenvalue weighted by molar-refractivity contribution is 7.89. The molecule has 0 radical (unpaired) electrons. The average molecular weight is 362 g/mol. The first-order valence-corrected chi connectivity index (χ1v) is 9.81. The zero-order valence-corrected chi connectivity index (χ0v) is 16.8. The molecule has 0 bridgehead atoms. The van der Waals surface area contributed by atoms with Crippen LogP contribution in [0.2, 0.25) is 0 Å². The van der Waals surface area contributed by atoms with Gasteiger partial charge in [-0.15, -0.1) is 0 Å². The zero-order valence-electron chi connectivity index (χ0n) is 16.0. The van der Waals surface area contributed by atoms with E-state index in [0.29, 0.717) is 16.2 Å². The Morgan fingerprint density at radius 3 is 2.12 bits per heavy atom. The van der Waals surface area contributed by atoms with Gasteiger partial charge in [0, 0.05) is 6.04 Å². The van der Waals surface area contributed by atoms with Crippen LogP contribution in [0.1, 0.15) is 46.3 Å². The molecule has 0 heterocycles. The van der Waals surface area contributed by atoms with Gasteiger partial charge in [0.2, 0.25) is 10.0 Å². The maximum Gasteiger partial charge on any atom is 0.241 e. The van der Waals surface area contributed by atoms with E-state index < -0.39 is 10.0 Å². The number of hydrogen-bond donors (Lipinski definition) is 1. The first-order chi connectivity index (χ1) is 11.6. The zero-order chi connectivity index (χ0) is 18.9. The molecule has 1 N–H and O–H groups in total. The molecular weight excluding hydrogens is 334 g/mol. The van der Waals surface area contributed by atoms with Crippen LogP contribution < -0.4 is 9.46 Å². The van der Waals surface area contributed by atoms with E-state index >= 15 is 0 Å². The molecular formula is C20H27NO3S. The number of methoxy groups -OCH3 is 1. The third kappa shape index (κ3) is 3.88. The number of rotatable bonds is 5. The van der Waals surface area contributed by atoms with Crippen LogP contribution in [0.15, 0.2) is 29.2 Å². The molecule has 0 amide bonds. The van der Waals surface area contributed by atoms with Gasteiger partial charge in [0.1, 0.15) is 5.75 Å². The van der Waals surface area contributed by atoms with Crippen LogP contribution in [0.5, 0.6) is 5.75 Å². The van der Waals surface area contributed by atoms with Crippen molar-refractivity contribution in [1.82, 2.24) is 4.72 Å². The van der Waals surface area contributed by atoms with Crippen molar-refractivity contribution in [3.05, 3.63) is 57.6 Å². The summed E-state index contributed by atoms with van der Waals surface area (Å²) in [5, 5.41) is 0. The second-order valence-corrected chi connectivity index (χ2v) is 8.33. The lowest BCUT2D eigenvalue weighted by Crippen LogP contribution is -2.28. The molecule has 0 aromatic heterocycles. The maximum absolute atomic E-state index is 12.9. The largest absolute Gasteiger partial charge is 0.496 e. The summed E-state index contributed by atoms with van der Waals surface area (Å²) in [7, 11) is -2.05. The first-order valence-electron chi connectivity index (χ1n) is 8.32. The fourth-order valence-corrected chi connectivity index (χ4v) is 4.62. The van der Waals surface area contributed by atoms with E-state index in [1.54, 1.807) is 26.2 Å². The molecule has 0 aliphatic rings. The van der Waals surface area contributed by atoms with Crippen LogP contribution in [0, 0.1) is 34.6 Å². The highest BCUT2D eigenvalue weighted by atomic mass is 32.2. The molecule has 136 valence electrons. The van der Waals surface area contributed by atoms with Crippen molar-refractivity contribution in [1.29, 1.82) is 0 Å². The maximum atomic E-state index is 12.9. The lowest BCUT2D eigenvalue weighted by molar-refractivity contribution is 0.410. The molecule has 0 spiro atoms. The molecule has 0 saturated carbocycles. The van der Waals surface area contributed by atoms with Crippen molar-refractivity contribution in [2.24, 2.45) is 0 Å². The molecule has 1 atom stereocenters. The number of aryl methyl sites for hydroxylation is 3. The summed E-state index contributed by atoms with van der Waals surface area (Å²) >= 11 is 0.